The van der Waals surface area contributed by atoms with E-state index in [1.54, 1.807) is 4.90 Å². The van der Waals surface area contributed by atoms with Gasteiger partial charge < -0.3 is 20.5 Å². The molecule has 1 saturated heterocycles. The van der Waals surface area contributed by atoms with Gasteiger partial charge in [-0.3, -0.25) is 9.59 Å². The van der Waals surface area contributed by atoms with E-state index in [0.717, 1.165) is 11.3 Å². The number of benzene rings is 1. The van der Waals surface area contributed by atoms with Crippen LogP contribution in [0, 0.1) is 19.8 Å². The minimum atomic E-state index is -0.673. The quantitative estimate of drug-likeness (QED) is 0.732. The Kier molecular flexibility index (Phi) is 6.20. The Morgan fingerprint density at radius 1 is 1.33 bits per heavy atom. The normalized spacial score (nSPS) is 20.2. The summed E-state index contributed by atoms with van der Waals surface area (Å²) in [7, 11) is 0. The van der Waals surface area contributed by atoms with E-state index < -0.39 is 12.0 Å². The fourth-order valence-electron chi connectivity index (χ4n) is 3.04. The van der Waals surface area contributed by atoms with Crippen molar-refractivity contribution >= 4 is 11.8 Å². The predicted molar refractivity (Wildman–Crippen MR) is 90.5 cm³/mol. The van der Waals surface area contributed by atoms with Crippen molar-refractivity contribution < 1.29 is 19.4 Å². The molecule has 0 aromatic heterocycles. The first-order valence-corrected chi connectivity index (χ1v) is 8.31. The van der Waals surface area contributed by atoms with Gasteiger partial charge in [0.05, 0.1) is 12.7 Å². The monoisotopic (exact) mass is 334 g/mol. The first kappa shape index (κ1) is 18.3. The predicted octanol–water partition coefficient (Wildman–Crippen LogP) is 1.16. The maximum atomic E-state index is 12.2. The molecule has 6 nitrogen and oxygen atoms in total. The van der Waals surface area contributed by atoms with Gasteiger partial charge in [0.25, 0.3) is 0 Å². The van der Waals surface area contributed by atoms with Crippen LogP contribution in [0.1, 0.15) is 30.4 Å². The van der Waals surface area contributed by atoms with E-state index in [-0.39, 0.29) is 24.8 Å². The standard InChI is InChI=1S/C18H26N2O4/c1-12-5-6-16(13(2)8-12)24-7-3-4-18(23)20-10-14(9-17(19)22)15(21)11-20/h5-6,8,14-15,21H,3-4,7,9-11H2,1-2H3,(H2,19,22)/t14-,15-/m1/s1. The third-order valence-electron chi connectivity index (χ3n) is 4.35. The smallest absolute Gasteiger partial charge is 0.222 e. The van der Waals surface area contributed by atoms with Crippen molar-refractivity contribution in [3.63, 3.8) is 0 Å². The number of nitrogens with two attached hydrogens (primary N) is 1. The number of hydrogen-bond donors (Lipinski definition) is 2. The van der Waals surface area contributed by atoms with Crippen LogP contribution >= 0.6 is 0 Å². The third kappa shape index (κ3) is 4.96. The fraction of sp³-hybridized carbons (Fsp3) is 0.556. The van der Waals surface area contributed by atoms with E-state index in [0.29, 0.717) is 26.0 Å². The molecular weight excluding hydrogens is 308 g/mol. The number of likely N-dealkylation sites (tertiary alicyclic amines) is 1. The minimum Gasteiger partial charge on any atom is -0.493 e. The van der Waals surface area contributed by atoms with Crippen LogP contribution in [-0.4, -0.2) is 47.6 Å². The molecular formula is C18H26N2O4. The summed E-state index contributed by atoms with van der Waals surface area (Å²) in [5.41, 5.74) is 7.43. The number of carbonyl (C=O) groups excluding carboxylic acids is 2. The second-order valence-electron chi connectivity index (χ2n) is 6.52. The Morgan fingerprint density at radius 2 is 2.08 bits per heavy atom. The van der Waals surface area contributed by atoms with E-state index in [2.05, 4.69) is 6.07 Å². The zero-order chi connectivity index (χ0) is 17.7. The Hall–Kier alpha value is -2.08. The summed E-state index contributed by atoms with van der Waals surface area (Å²) in [5, 5.41) is 9.90. The van der Waals surface area contributed by atoms with E-state index in [9.17, 15) is 14.7 Å². The number of carbonyl (C=O) groups is 2. The molecule has 1 aromatic carbocycles. The van der Waals surface area contributed by atoms with Crippen LogP contribution in [0.5, 0.6) is 5.75 Å². The lowest BCUT2D eigenvalue weighted by Gasteiger charge is -2.16. The molecule has 1 aromatic rings. The van der Waals surface area contributed by atoms with Crippen molar-refractivity contribution in [3.8, 4) is 5.75 Å². The second kappa shape index (κ2) is 8.15. The number of rotatable bonds is 7. The molecule has 0 radical (unpaired) electrons. The molecule has 0 bridgehead atoms. The zero-order valence-electron chi connectivity index (χ0n) is 14.3. The van der Waals surface area contributed by atoms with Gasteiger partial charge in [0.2, 0.25) is 11.8 Å². The first-order chi connectivity index (χ1) is 11.4. The third-order valence-corrected chi connectivity index (χ3v) is 4.35. The van der Waals surface area contributed by atoms with Gasteiger partial charge in [-0.25, -0.2) is 0 Å². The Balaban J connectivity index is 1.73. The fourth-order valence-corrected chi connectivity index (χ4v) is 3.04. The summed E-state index contributed by atoms with van der Waals surface area (Å²) >= 11 is 0. The van der Waals surface area contributed by atoms with Crippen LogP contribution < -0.4 is 10.5 Å². The molecule has 24 heavy (non-hydrogen) atoms. The van der Waals surface area contributed by atoms with Gasteiger partial charge >= 0.3 is 0 Å². The van der Waals surface area contributed by atoms with Crippen LogP contribution in [0.3, 0.4) is 0 Å². The largest absolute Gasteiger partial charge is 0.493 e. The average molecular weight is 334 g/mol. The lowest BCUT2D eigenvalue weighted by atomic mass is 10.0. The molecule has 132 valence electrons. The molecule has 0 spiro atoms. The van der Waals surface area contributed by atoms with E-state index in [4.69, 9.17) is 10.5 Å². The van der Waals surface area contributed by atoms with Gasteiger partial charge in [0.15, 0.2) is 0 Å². The van der Waals surface area contributed by atoms with Crippen molar-refractivity contribution in [2.75, 3.05) is 19.7 Å². The number of ether oxygens (including phenoxy) is 1. The lowest BCUT2D eigenvalue weighted by molar-refractivity contribution is -0.131. The van der Waals surface area contributed by atoms with Crippen molar-refractivity contribution in [3.05, 3.63) is 29.3 Å². The maximum Gasteiger partial charge on any atom is 0.222 e. The van der Waals surface area contributed by atoms with Crippen LogP contribution in [0.4, 0.5) is 0 Å². The first-order valence-electron chi connectivity index (χ1n) is 8.31. The molecule has 6 heteroatoms. The molecule has 0 aliphatic carbocycles. The van der Waals surface area contributed by atoms with Crippen LogP contribution in [0.15, 0.2) is 18.2 Å². The average Bonchev–Trinajstić information content (AvgIpc) is 2.85. The Labute approximate surface area is 142 Å². The number of aliphatic hydroxyl groups is 1. The highest BCUT2D eigenvalue weighted by atomic mass is 16.5. The zero-order valence-corrected chi connectivity index (χ0v) is 14.3. The van der Waals surface area contributed by atoms with Crippen molar-refractivity contribution in [1.82, 2.24) is 4.90 Å². The summed E-state index contributed by atoms with van der Waals surface area (Å²) in [4.78, 5) is 24.8. The van der Waals surface area contributed by atoms with E-state index in [1.165, 1.54) is 5.56 Å². The van der Waals surface area contributed by atoms with Gasteiger partial charge in [-0.05, 0) is 31.9 Å². The van der Waals surface area contributed by atoms with Crippen molar-refractivity contribution in [2.45, 2.75) is 39.2 Å². The van der Waals surface area contributed by atoms with Crippen molar-refractivity contribution in [2.24, 2.45) is 11.7 Å². The number of hydrogen-bond acceptors (Lipinski definition) is 4. The van der Waals surface area contributed by atoms with Crippen molar-refractivity contribution in [1.29, 1.82) is 0 Å². The molecule has 2 rings (SSSR count). The molecule has 2 atom stereocenters. The highest BCUT2D eigenvalue weighted by molar-refractivity contribution is 5.77. The van der Waals surface area contributed by atoms with Crippen LogP contribution in [0.2, 0.25) is 0 Å². The van der Waals surface area contributed by atoms with Crippen LogP contribution in [-0.2, 0) is 9.59 Å². The van der Waals surface area contributed by atoms with Gasteiger partial charge in [-0.2, -0.15) is 0 Å². The minimum absolute atomic E-state index is 0.0229. The number of amides is 2. The maximum absolute atomic E-state index is 12.2. The summed E-state index contributed by atoms with van der Waals surface area (Å²) < 4.78 is 5.72. The number of aryl methyl sites for hydroxylation is 2. The number of aliphatic hydroxyl groups excluding tert-OH is 1. The molecule has 1 aliphatic heterocycles. The summed E-state index contributed by atoms with van der Waals surface area (Å²) in [6.45, 7) is 5.16. The van der Waals surface area contributed by atoms with Gasteiger partial charge in [-0.15, -0.1) is 0 Å². The van der Waals surface area contributed by atoms with Crippen LogP contribution in [0.25, 0.3) is 0 Å². The molecule has 2 amide bonds. The Morgan fingerprint density at radius 3 is 2.75 bits per heavy atom. The number of primary amides is 1. The highest BCUT2D eigenvalue weighted by Crippen LogP contribution is 2.22. The van der Waals surface area contributed by atoms with E-state index in [1.807, 2.05) is 26.0 Å². The summed E-state index contributed by atoms with van der Waals surface area (Å²) in [5.74, 6) is 0.115. The Bertz CT molecular complexity index is 603. The molecule has 3 N–H and O–H groups in total. The SMILES string of the molecule is Cc1ccc(OCCCC(=O)N2C[C@@H](CC(N)=O)[C@H](O)C2)c(C)c1. The second-order valence-corrected chi connectivity index (χ2v) is 6.52. The van der Waals surface area contributed by atoms with E-state index >= 15 is 0 Å². The molecule has 1 aliphatic rings. The van der Waals surface area contributed by atoms with Gasteiger partial charge in [-0.1, -0.05) is 17.7 Å². The molecule has 1 heterocycles. The number of nitrogens with zero attached hydrogens (tertiary/aromatic N) is 1. The molecule has 0 unspecified atom stereocenters. The molecule has 0 saturated carbocycles. The summed E-state index contributed by atoms with van der Waals surface area (Å²) in [6, 6.07) is 6.00. The van der Waals surface area contributed by atoms with Gasteiger partial charge in [0.1, 0.15) is 5.75 Å². The molecule has 1 fully saturated rings. The lowest BCUT2D eigenvalue weighted by Crippen LogP contribution is -2.29. The summed E-state index contributed by atoms with van der Waals surface area (Å²) in [6.07, 6.45) is 0.411. The number of β-amino-alcohol motifs (C(OH)–C–C–N with tert-alkyl or cyclic N) is 1. The highest BCUT2D eigenvalue weighted by Gasteiger charge is 2.34. The topological polar surface area (TPSA) is 92.9 Å². The van der Waals surface area contributed by atoms with Gasteiger partial charge in [0, 0.05) is 31.8 Å².